The lowest BCUT2D eigenvalue weighted by Crippen LogP contribution is -2.24. The van der Waals surface area contributed by atoms with Crippen LogP contribution >= 0.6 is 0 Å². The molecule has 0 amide bonds. The number of benzene rings is 2. The van der Waals surface area contributed by atoms with Crippen LogP contribution in [0.5, 0.6) is 0 Å². The van der Waals surface area contributed by atoms with Crippen LogP contribution < -0.4 is 10.0 Å². The maximum absolute atomic E-state index is 12.2. The van der Waals surface area contributed by atoms with E-state index in [0.717, 1.165) is 18.4 Å². The fourth-order valence-electron chi connectivity index (χ4n) is 2.21. The Balaban J connectivity index is 2.02. The molecule has 0 saturated carbocycles. The lowest BCUT2D eigenvalue weighted by Gasteiger charge is -2.10. The van der Waals surface area contributed by atoms with Gasteiger partial charge in [-0.25, -0.2) is 17.9 Å². The predicted molar refractivity (Wildman–Crippen MR) is 97.3 cm³/mol. The van der Waals surface area contributed by atoms with Gasteiger partial charge < -0.3 is 10.4 Å². The summed E-state index contributed by atoms with van der Waals surface area (Å²) in [6.07, 6.45) is 1.72. The predicted octanol–water partition coefficient (Wildman–Crippen LogP) is 3.08. The van der Waals surface area contributed by atoms with Gasteiger partial charge in [-0.2, -0.15) is 0 Å². The number of unbranched alkanes of at least 4 members (excludes halogenated alkanes) is 1. The maximum Gasteiger partial charge on any atom is 0.335 e. The van der Waals surface area contributed by atoms with Crippen molar-refractivity contribution >= 4 is 21.7 Å². The van der Waals surface area contributed by atoms with Crippen molar-refractivity contribution in [3.8, 4) is 0 Å². The number of hydrogen-bond donors (Lipinski definition) is 3. The van der Waals surface area contributed by atoms with Gasteiger partial charge in [0.05, 0.1) is 10.5 Å². The molecule has 2 aromatic rings. The number of rotatable bonds is 9. The highest BCUT2D eigenvalue weighted by Crippen LogP contribution is 2.16. The first kappa shape index (κ1) is 19.0. The third-order valence-electron chi connectivity index (χ3n) is 3.66. The first-order chi connectivity index (χ1) is 11.9. The van der Waals surface area contributed by atoms with Crippen molar-refractivity contribution < 1.29 is 18.3 Å². The van der Waals surface area contributed by atoms with Crippen molar-refractivity contribution in [1.29, 1.82) is 0 Å². The summed E-state index contributed by atoms with van der Waals surface area (Å²) in [4.78, 5) is 11.1. The molecule has 0 aliphatic rings. The number of aromatic carboxylic acids is 1. The third kappa shape index (κ3) is 5.58. The van der Waals surface area contributed by atoms with Crippen LogP contribution in [0.3, 0.4) is 0 Å². The summed E-state index contributed by atoms with van der Waals surface area (Å²) in [6.45, 7) is 2.89. The Kier molecular flexibility index (Phi) is 6.55. The molecule has 25 heavy (non-hydrogen) atoms. The van der Waals surface area contributed by atoms with Crippen LogP contribution in [0, 0.1) is 0 Å². The van der Waals surface area contributed by atoms with E-state index >= 15 is 0 Å². The molecule has 0 atom stereocenters. The summed E-state index contributed by atoms with van der Waals surface area (Å²) >= 11 is 0. The molecular formula is C18H22N2O4S. The zero-order valence-electron chi connectivity index (χ0n) is 14.0. The molecule has 3 N–H and O–H groups in total. The molecule has 6 nitrogen and oxygen atoms in total. The molecule has 0 aliphatic heterocycles. The Morgan fingerprint density at radius 3 is 2.48 bits per heavy atom. The average Bonchev–Trinajstić information content (AvgIpc) is 2.61. The van der Waals surface area contributed by atoms with Crippen LogP contribution in [0.2, 0.25) is 0 Å². The Hall–Kier alpha value is -2.38. The fraction of sp³-hybridized carbons (Fsp3) is 0.278. The first-order valence-electron chi connectivity index (χ1n) is 8.08. The van der Waals surface area contributed by atoms with E-state index in [1.807, 2.05) is 6.92 Å². The van der Waals surface area contributed by atoms with Crippen LogP contribution in [-0.4, -0.2) is 26.0 Å². The first-order valence-corrected chi connectivity index (χ1v) is 9.56. The van der Waals surface area contributed by atoms with Crippen molar-refractivity contribution in [2.45, 2.75) is 31.2 Å². The van der Waals surface area contributed by atoms with E-state index in [1.54, 1.807) is 36.4 Å². The van der Waals surface area contributed by atoms with E-state index < -0.39 is 16.0 Å². The quantitative estimate of drug-likeness (QED) is 0.596. The summed E-state index contributed by atoms with van der Waals surface area (Å²) in [5, 5.41) is 12.0. The SMILES string of the molecule is CCCCNS(=O)(=O)c1cccc(NCc2ccc(C(=O)O)cc2)c1. The molecule has 0 radical (unpaired) electrons. The lowest BCUT2D eigenvalue weighted by atomic mass is 10.1. The summed E-state index contributed by atoms with van der Waals surface area (Å²) < 4.78 is 27.1. The number of anilines is 1. The molecule has 0 unspecified atom stereocenters. The van der Waals surface area contributed by atoms with Gasteiger partial charge in [-0.15, -0.1) is 0 Å². The minimum Gasteiger partial charge on any atom is -0.478 e. The number of nitrogens with one attached hydrogen (secondary N) is 2. The van der Waals surface area contributed by atoms with Gasteiger partial charge in [-0.3, -0.25) is 0 Å². The number of carboxylic acids is 1. The molecule has 134 valence electrons. The monoisotopic (exact) mass is 362 g/mol. The Labute approximate surface area is 147 Å². The smallest absolute Gasteiger partial charge is 0.335 e. The highest BCUT2D eigenvalue weighted by atomic mass is 32.2. The highest BCUT2D eigenvalue weighted by molar-refractivity contribution is 7.89. The minimum absolute atomic E-state index is 0.217. The van der Waals surface area contributed by atoms with Gasteiger partial charge in [0.2, 0.25) is 10.0 Å². The van der Waals surface area contributed by atoms with Crippen molar-refractivity contribution in [2.75, 3.05) is 11.9 Å². The molecule has 7 heteroatoms. The standard InChI is InChI=1S/C18H22N2O4S/c1-2-3-11-20-25(23,24)17-6-4-5-16(12-17)19-13-14-7-9-15(10-8-14)18(21)22/h4-10,12,19-20H,2-3,11,13H2,1H3,(H,21,22). The number of carboxylic acid groups (broad SMARTS) is 1. The van der Waals surface area contributed by atoms with E-state index in [1.165, 1.54) is 12.1 Å². The van der Waals surface area contributed by atoms with Gasteiger partial charge in [-0.05, 0) is 42.3 Å². The number of hydrogen-bond acceptors (Lipinski definition) is 4. The highest BCUT2D eigenvalue weighted by Gasteiger charge is 2.13. The van der Waals surface area contributed by atoms with Gasteiger partial charge in [0.1, 0.15) is 0 Å². The molecule has 0 heterocycles. The van der Waals surface area contributed by atoms with E-state index in [-0.39, 0.29) is 10.5 Å². The molecule has 0 fully saturated rings. The largest absolute Gasteiger partial charge is 0.478 e. The van der Waals surface area contributed by atoms with Gasteiger partial charge in [0, 0.05) is 18.8 Å². The van der Waals surface area contributed by atoms with E-state index in [9.17, 15) is 13.2 Å². The Bertz CT molecular complexity index is 817. The molecule has 0 spiro atoms. The van der Waals surface area contributed by atoms with Crippen LogP contribution in [0.15, 0.2) is 53.4 Å². The van der Waals surface area contributed by atoms with E-state index in [2.05, 4.69) is 10.0 Å². The van der Waals surface area contributed by atoms with Crippen LogP contribution in [0.4, 0.5) is 5.69 Å². The third-order valence-corrected chi connectivity index (χ3v) is 5.12. The van der Waals surface area contributed by atoms with E-state index in [4.69, 9.17) is 5.11 Å². The summed E-state index contributed by atoms with van der Waals surface area (Å²) in [5.41, 5.74) is 1.81. The van der Waals surface area contributed by atoms with Crippen molar-refractivity contribution in [2.24, 2.45) is 0 Å². The van der Waals surface area contributed by atoms with Crippen molar-refractivity contribution in [3.05, 3.63) is 59.7 Å². The Morgan fingerprint density at radius 1 is 1.12 bits per heavy atom. The summed E-state index contributed by atoms with van der Waals surface area (Å²) in [5.74, 6) is -0.965. The molecule has 0 aliphatic carbocycles. The molecule has 0 aromatic heterocycles. The van der Waals surface area contributed by atoms with Crippen molar-refractivity contribution in [1.82, 2.24) is 4.72 Å². The minimum atomic E-state index is -3.51. The topological polar surface area (TPSA) is 95.5 Å². The number of sulfonamides is 1. The summed E-state index contributed by atoms with van der Waals surface area (Å²) in [7, 11) is -3.51. The molecule has 0 saturated heterocycles. The summed E-state index contributed by atoms with van der Waals surface area (Å²) in [6, 6.07) is 13.1. The van der Waals surface area contributed by atoms with Crippen molar-refractivity contribution in [3.63, 3.8) is 0 Å². The van der Waals surface area contributed by atoms with Crippen LogP contribution in [0.1, 0.15) is 35.7 Å². The van der Waals surface area contributed by atoms with Gasteiger partial charge in [0.25, 0.3) is 0 Å². The second-order valence-electron chi connectivity index (χ2n) is 5.63. The van der Waals surface area contributed by atoms with Gasteiger partial charge in [0.15, 0.2) is 0 Å². The second-order valence-corrected chi connectivity index (χ2v) is 7.40. The van der Waals surface area contributed by atoms with Crippen LogP contribution in [-0.2, 0) is 16.6 Å². The zero-order valence-corrected chi connectivity index (χ0v) is 14.8. The zero-order chi connectivity index (χ0) is 18.3. The lowest BCUT2D eigenvalue weighted by molar-refractivity contribution is 0.0697. The maximum atomic E-state index is 12.2. The second kappa shape index (κ2) is 8.64. The van der Waals surface area contributed by atoms with Gasteiger partial charge >= 0.3 is 5.97 Å². The van der Waals surface area contributed by atoms with Gasteiger partial charge in [-0.1, -0.05) is 31.5 Å². The fourth-order valence-corrected chi connectivity index (χ4v) is 3.33. The molecule has 2 rings (SSSR count). The van der Waals surface area contributed by atoms with E-state index in [0.29, 0.717) is 18.8 Å². The average molecular weight is 362 g/mol. The normalized spacial score (nSPS) is 11.2. The Morgan fingerprint density at radius 2 is 1.84 bits per heavy atom. The molecule has 0 bridgehead atoms. The number of carbonyl (C=O) groups is 1. The molecule has 2 aromatic carbocycles. The molecular weight excluding hydrogens is 340 g/mol. The van der Waals surface area contributed by atoms with Crippen LogP contribution in [0.25, 0.3) is 0 Å².